The molecule has 0 N–H and O–H groups in total. The van der Waals surface area contributed by atoms with Crippen molar-refractivity contribution in [2.75, 3.05) is 6.61 Å². The lowest BCUT2D eigenvalue weighted by Crippen LogP contribution is -2.26. The van der Waals surface area contributed by atoms with Crippen LogP contribution in [0.3, 0.4) is 0 Å². The van der Waals surface area contributed by atoms with Gasteiger partial charge in [-0.15, -0.1) is 0 Å². The van der Waals surface area contributed by atoms with E-state index in [9.17, 15) is 4.79 Å². The van der Waals surface area contributed by atoms with Gasteiger partial charge >= 0.3 is 5.97 Å². The maximum Gasteiger partial charge on any atom is 0.347 e. The minimum Gasteiger partial charge on any atom is -0.476 e. The van der Waals surface area contributed by atoms with Gasteiger partial charge in [0.1, 0.15) is 0 Å². The number of carbonyl (C=O) groups is 1. The summed E-state index contributed by atoms with van der Waals surface area (Å²) in [5.74, 6) is -0.0352. The predicted molar refractivity (Wildman–Crippen MR) is 60.7 cm³/mol. The molecule has 1 rings (SSSR count). The number of ether oxygens (including phenoxy) is 2. The molecule has 4 nitrogen and oxygen atoms in total. The van der Waals surface area contributed by atoms with E-state index in [2.05, 4.69) is 4.98 Å². The van der Waals surface area contributed by atoms with Crippen molar-refractivity contribution in [3.63, 3.8) is 0 Å². The van der Waals surface area contributed by atoms with Gasteiger partial charge in [0.05, 0.1) is 6.61 Å². The fraction of sp³-hybridized carbons (Fsp3) is 0.455. The molecule has 0 amide bonds. The number of hydrogen-bond acceptors (Lipinski definition) is 4. The summed E-state index contributed by atoms with van der Waals surface area (Å²) in [7, 11) is 0. The smallest absolute Gasteiger partial charge is 0.347 e. The second kappa shape index (κ2) is 5.70. The Kier molecular flexibility index (Phi) is 4.55. The van der Waals surface area contributed by atoms with E-state index in [4.69, 9.17) is 21.1 Å². The van der Waals surface area contributed by atoms with Crippen LogP contribution in [0.4, 0.5) is 0 Å². The predicted octanol–water partition coefficient (Wildman–Crippen LogP) is 2.37. The quantitative estimate of drug-likeness (QED) is 0.602. The molecular weight excluding hydrogens is 230 g/mol. The van der Waals surface area contributed by atoms with Crippen molar-refractivity contribution in [1.29, 1.82) is 0 Å². The van der Waals surface area contributed by atoms with Crippen LogP contribution in [0, 0.1) is 6.92 Å². The fourth-order valence-corrected chi connectivity index (χ4v) is 1.34. The van der Waals surface area contributed by atoms with Gasteiger partial charge in [-0.3, -0.25) is 0 Å². The van der Waals surface area contributed by atoms with E-state index < -0.39 is 12.1 Å². The summed E-state index contributed by atoms with van der Waals surface area (Å²) in [6.07, 6.45) is -0.693. The van der Waals surface area contributed by atoms with Gasteiger partial charge in [0.25, 0.3) is 0 Å². The molecule has 1 atom stereocenters. The number of nitrogens with zero attached hydrogens (tertiary/aromatic N) is 1. The number of esters is 1. The number of aromatic nitrogens is 1. The van der Waals surface area contributed by atoms with E-state index in [1.165, 1.54) is 0 Å². The van der Waals surface area contributed by atoms with Crippen LogP contribution in [0.25, 0.3) is 0 Å². The van der Waals surface area contributed by atoms with Gasteiger partial charge in [-0.05, 0) is 32.9 Å². The Morgan fingerprint density at radius 1 is 1.56 bits per heavy atom. The average Bonchev–Trinajstić information content (AvgIpc) is 2.22. The van der Waals surface area contributed by atoms with Crippen molar-refractivity contribution < 1.29 is 14.3 Å². The van der Waals surface area contributed by atoms with Crippen molar-refractivity contribution in [2.24, 2.45) is 0 Å². The second-order valence-electron chi connectivity index (χ2n) is 3.25. The summed E-state index contributed by atoms with van der Waals surface area (Å²) in [5.41, 5.74) is 0.793. The van der Waals surface area contributed by atoms with Crippen LogP contribution in [0.2, 0.25) is 5.15 Å². The van der Waals surface area contributed by atoms with Crippen LogP contribution in [0.5, 0.6) is 5.75 Å². The molecule has 0 fully saturated rings. The highest BCUT2D eigenvalue weighted by Gasteiger charge is 2.17. The first-order chi connectivity index (χ1) is 7.54. The Bertz CT molecular complexity index is 381. The summed E-state index contributed by atoms with van der Waals surface area (Å²) in [5, 5.41) is 0.246. The van der Waals surface area contributed by atoms with E-state index >= 15 is 0 Å². The Morgan fingerprint density at radius 2 is 2.25 bits per heavy atom. The molecule has 0 aliphatic heterocycles. The van der Waals surface area contributed by atoms with Gasteiger partial charge in [0.2, 0.25) is 0 Å². The third kappa shape index (κ3) is 3.38. The van der Waals surface area contributed by atoms with Crippen molar-refractivity contribution in [1.82, 2.24) is 4.98 Å². The van der Waals surface area contributed by atoms with Crippen molar-refractivity contribution in [3.8, 4) is 5.75 Å². The van der Waals surface area contributed by atoms with Crippen LogP contribution in [0.15, 0.2) is 12.1 Å². The molecule has 0 spiro atoms. The molecular formula is C11H14ClNO3. The summed E-state index contributed by atoms with van der Waals surface area (Å²) in [6, 6.07) is 3.44. The topological polar surface area (TPSA) is 48.4 Å². The Morgan fingerprint density at radius 3 is 2.81 bits per heavy atom. The van der Waals surface area contributed by atoms with Crippen molar-refractivity contribution >= 4 is 17.6 Å². The largest absolute Gasteiger partial charge is 0.476 e. The second-order valence-corrected chi connectivity index (χ2v) is 3.61. The first-order valence-electron chi connectivity index (χ1n) is 5.01. The van der Waals surface area contributed by atoms with Crippen LogP contribution in [-0.2, 0) is 9.53 Å². The molecule has 0 radical (unpaired) electrons. The fourth-order valence-electron chi connectivity index (χ4n) is 1.10. The lowest BCUT2D eigenvalue weighted by Gasteiger charge is -2.13. The molecule has 0 aliphatic rings. The molecule has 1 aromatic heterocycles. The SMILES string of the molecule is CCOC(=O)C(C)Oc1ccc(C)nc1Cl. The monoisotopic (exact) mass is 243 g/mol. The summed E-state index contributed by atoms with van der Waals surface area (Å²) in [4.78, 5) is 15.3. The highest BCUT2D eigenvalue weighted by Crippen LogP contribution is 2.23. The molecule has 0 saturated heterocycles. The molecule has 88 valence electrons. The van der Waals surface area contributed by atoms with Gasteiger partial charge in [0, 0.05) is 5.69 Å². The van der Waals surface area contributed by atoms with Crippen molar-refractivity contribution in [2.45, 2.75) is 26.9 Å². The number of halogens is 1. The van der Waals surface area contributed by atoms with Crippen molar-refractivity contribution in [3.05, 3.63) is 23.0 Å². The zero-order valence-electron chi connectivity index (χ0n) is 9.49. The van der Waals surface area contributed by atoms with Gasteiger partial charge in [-0.25, -0.2) is 9.78 Å². The average molecular weight is 244 g/mol. The maximum absolute atomic E-state index is 11.3. The first kappa shape index (κ1) is 12.8. The van der Waals surface area contributed by atoms with Gasteiger partial charge in [-0.2, -0.15) is 0 Å². The summed E-state index contributed by atoms with van der Waals surface area (Å²) in [6.45, 7) is 5.50. The van der Waals surface area contributed by atoms with E-state index in [0.717, 1.165) is 5.69 Å². The lowest BCUT2D eigenvalue weighted by molar-refractivity contribution is -0.150. The normalized spacial score (nSPS) is 12.0. The van der Waals surface area contributed by atoms with Gasteiger partial charge in [0.15, 0.2) is 17.0 Å². The van der Waals surface area contributed by atoms with Crippen LogP contribution in [0.1, 0.15) is 19.5 Å². The molecule has 1 unspecified atom stereocenters. The number of rotatable bonds is 4. The molecule has 0 saturated carbocycles. The first-order valence-corrected chi connectivity index (χ1v) is 5.38. The standard InChI is InChI=1S/C11H14ClNO3/c1-4-15-11(14)8(3)16-9-6-5-7(2)13-10(9)12/h5-6,8H,4H2,1-3H3. The highest BCUT2D eigenvalue weighted by molar-refractivity contribution is 6.30. The molecule has 5 heteroatoms. The van der Waals surface area contributed by atoms with E-state index in [-0.39, 0.29) is 5.15 Å². The van der Waals surface area contributed by atoms with Gasteiger partial charge in [-0.1, -0.05) is 11.6 Å². The molecule has 1 heterocycles. The van der Waals surface area contributed by atoms with Crippen LogP contribution >= 0.6 is 11.6 Å². The number of carbonyl (C=O) groups excluding carboxylic acids is 1. The third-order valence-corrected chi connectivity index (χ3v) is 2.15. The lowest BCUT2D eigenvalue weighted by atomic mass is 10.3. The zero-order valence-corrected chi connectivity index (χ0v) is 10.2. The molecule has 0 bridgehead atoms. The minimum atomic E-state index is -0.693. The van der Waals surface area contributed by atoms with Crippen LogP contribution in [-0.4, -0.2) is 23.7 Å². The maximum atomic E-state index is 11.3. The number of hydrogen-bond donors (Lipinski definition) is 0. The van der Waals surface area contributed by atoms with E-state index in [0.29, 0.717) is 12.4 Å². The molecule has 0 aliphatic carbocycles. The molecule has 1 aromatic rings. The Labute approximate surface area is 99.5 Å². The molecule has 0 aromatic carbocycles. The van der Waals surface area contributed by atoms with Crippen LogP contribution < -0.4 is 4.74 Å². The van der Waals surface area contributed by atoms with E-state index in [1.54, 1.807) is 26.0 Å². The van der Waals surface area contributed by atoms with E-state index in [1.807, 2.05) is 6.92 Å². The highest BCUT2D eigenvalue weighted by atomic mass is 35.5. The number of pyridine rings is 1. The minimum absolute atomic E-state index is 0.246. The Hall–Kier alpha value is -1.29. The molecule has 16 heavy (non-hydrogen) atoms. The Balaban J connectivity index is 2.69. The number of aryl methyl sites for hydroxylation is 1. The van der Waals surface area contributed by atoms with Gasteiger partial charge < -0.3 is 9.47 Å². The zero-order chi connectivity index (χ0) is 12.1. The third-order valence-electron chi connectivity index (χ3n) is 1.88. The summed E-state index contributed by atoms with van der Waals surface area (Å²) >= 11 is 5.87. The summed E-state index contributed by atoms with van der Waals surface area (Å²) < 4.78 is 10.2.